The molecule has 2 unspecified atom stereocenters. The van der Waals surface area contributed by atoms with Crippen molar-refractivity contribution in [3.63, 3.8) is 0 Å². The van der Waals surface area contributed by atoms with Gasteiger partial charge in [0.2, 0.25) is 0 Å². The highest BCUT2D eigenvalue weighted by atomic mass is 32.2. The molecule has 0 fully saturated rings. The van der Waals surface area contributed by atoms with E-state index < -0.39 is 22.4 Å². The third-order valence-electron chi connectivity index (χ3n) is 2.14. The lowest BCUT2D eigenvalue weighted by atomic mass is 10.2. The Bertz CT molecular complexity index is 384. The Labute approximate surface area is 96.5 Å². The van der Waals surface area contributed by atoms with E-state index in [-0.39, 0.29) is 6.04 Å². The van der Waals surface area contributed by atoms with E-state index in [0.717, 1.165) is 6.07 Å². The zero-order valence-electron chi connectivity index (χ0n) is 9.30. The molecular weight excluding hydrogens is 232 g/mol. The molecule has 0 amide bonds. The molecule has 5 heteroatoms. The first-order chi connectivity index (χ1) is 7.49. The summed E-state index contributed by atoms with van der Waals surface area (Å²) in [4.78, 5) is 0. The molecule has 0 heterocycles. The second-order valence-electron chi connectivity index (χ2n) is 3.76. The first-order valence-electron chi connectivity index (χ1n) is 4.96. The average Bonchev–Trinajstić information content (AvgIpc) is 2.15. The van der Waals surface area contributed by atoms with E-state index in [9.17, 15) is 13.0 Å². The van der Waals surface area contributed by atoms with E-state index in [1.807, 2.05) is 6.92 Å². The molecule has 90 valence electrons. The molecule has 0 saturated heterocycles. The van der Waals surface area contributed by atoms with Gasteiger partial charge >= 0.3 is 0 Å². The Hall–Kier alpha value is -0.810. The van der Waals surface area contributed by atoms with Crippen molar-refractivity contribution in [1.82, 2.24) is 5.32 Å². The monoisotopic (exact) mass is 247 g/mol. The van der Waals surface area contributed by atoms with Crippen LogP contribution in [0.3, 0.4) is 0 Å². The molecule has 16 heavy (non-hydrogen) atoms. The van der Waals surface area contributed by atoms with Gasteiger partial charge in [-0.05, 0) is 13.0 Å². The third-order valence-corrected chi connectivity index (χ3v) is 3.11. The van der Waals surface area contributed by atoms with Gasteiger partial charge in [0.15, 0.2) is 0 Å². The lowest BCUT2D eigenvalue weighted by Crippen LogP contribution is -2.30. The van der Waals surface area contributed by atoms with Crippen LogP contribution in [0.1, 0.15) is 12.5 Å². The van der Waals surface area contributed by atoms with Crippen molar-refractivity contribution >= 4 is 10.8 Å². The Morgan fingerprint density at radius 2 is 2.12 bits per heavy atom. The summed E-state index contributed by atoms with van der Waals surface area (Å²) in [5, 5.41) is 3.04. The normalized spacial score (nSPS) is 14.8. The van der Waals surface area contributed by atoms with Crippen molar-refractivity contribution in [2.45, 2.75) is 19.5 Å². The van der Waals surface area contributed by atoms with E-state index in [4.69, 9.17) is 0 Å². The zero-order valence-corrected chi connectivity index (χ0v) is 10.1. The van der Waals surface area contributed by atoms with Gasteiger partial charge in [-0.1, -0.05) is 6.07 Å². The van der Waals surface area contributed by atoms with Crippen molar-refractivity contribution in [2.24, 2.45) is 0 Å². The molecule has 0 spiro atoms. The fraction of sp³-hybridized carbons (Fsp3) is 0.455. The maximum absolute atomic E-state index is 13.2. The van der Waals surface area contributed by atoms with Crippen LogP contribution in [0.2, 0.25) is 0 Å². The van der Waals surface area contributed by atoms with E-state index in [1.165, 1.54) is 12.1 Å². The average molecular weight is 247 g/mol. The first-order valence-corrected chi connectivity index (χ1v) is 6.69. The third kappa shape index (κ3) is 4.37. The summed E-state index contributed by atoms with van der Waals surface area (Å²) < 4.78 is 36.8. The number of nitrogens with one attached hydrogen (secondary N) is 1. The van der Waals surface area contributed by atoms with Crippen LogP contribution in [0.4, 0.5) is 8.78 Å². The molecule has 1 aromatic carbocycles. The number of rotatable bonds is 5. The van der Waals surface area contributed by atoms with Crippen molar-refractivity contribution < 1.29 is 13.0 Å². The molecule has 2 nitrogen and oxygen atoms in total. The van der Waals surface area contributed by atoms with Gasteiger partial charge in [0.25, 0.3) is 0 Å². The quantitative estimate of drug-likeness (QED) is 0.860. The first kappa shape index (κ1) is 13.3. The summed E-state index contributed by atoms with van der Waals surface area (Å²) in [6, 6.07) is 3.53. The minimum atomic E-state index is -0.879. The SMILES string of the molecule is CC(CS(C)=O)NCc1ccc(F)cc1F. The number of hydrogen-bond donors (Lipinski definition) is 1. The van der Waals surface area contributed by atoms with Crippen molar-refractivity contribution in [3.8, 4) is 0 Å². The maximum Gasteiger partial charge on any atom is 0.130 e. The van der Waals surface area contributed by atoms with Crippen LogP contribution < -0.4 is 5.32 Å². The second-order valence-corrected chi connectivity index (χ2v) is 5.24. The van der Waals surface area contributed by atoms with Gasteiger partial charge in [0, 0.05) is 47.0 Å². The summed E-state index contributed by atoms with van der Waals surface area (Å²) in [5.41, 5.74) is 0.412. The lowest BCUT2D eigenvalue weighted by molar-refractivity contribution is 0.541. The Morgan fingerprint density at radius 1 is 1.44 bits per heavy atom. The van der Waals surface area contributed by atoms with Gasteiger partial charge in [-0.25, -0.2) is 8.78 Å². The molecule has 0 bridgehead atoms. The van der Waals surface area contributed by atoms with Crippen LogP contribution in [-0.4, -0.2) is 22.3 Å². The highest BCUT2D eigenvalue weighted by molar-refractivity contribution is 7.84. The predicted octanol–water partition coefficient (Wildman–Crippen LogP) is 1.82. The summed E-state index contributed by atoms with van der Waals surface area (Å²) >= 11 is 0. The van der Waals surface area contributed by atoms with Gasteiger partial charge in [0.05, 0.1) is 0 Å². The highest BCUT2D eigenvalue weighted by Crippen LogP contribution is 2.09. The molecule has 1 aromatic rings. The van der Waals surface area contributed by atoms with Crippen LogP contribution in [0.15, 0.2) is 18.2 Å². The largest absolute Gasteiger partial charge is 0.309 e. The lowest BCUT2D eigenvalue weighted by Gasteiger charge is -2.12. The fourth-order valence-corrected chi connectivity index (χ4v) is 2.18. The van der Waals surface area contributed by atoms with E-state index >= 15 is 0 Å². The minimum Gasteiger partial charge on any atom is -0.309 e. The minimum absolute atomic E-state index is 0.0373. The van der Waals surface area contributed by atoms with Crippen LogP contribution in [0, 0.1) is 11.6 Å². The number of hydrogen-bond acceptors (Lipinski definition) is 2. The van der Waals surface area contributed by atoms with Crippen molar-refractivity contribution in [3.05, 3.63) is 35.4 Å². The molecule has 1 N–H and O–H groups in total. The van der Waals surface area contributed by atoms with Gasteiger partial charge in [0.1, 0.15) is 11.6 Å². The summed E-state index contributed by atoms with van der Waals surface area (Å²) in [7, 11) is -0.879. The summed E-state index contributed by atoms with van der Waals surface area (Å²) in [6.45, 7) is 2.19. The van der Waals surface area contributed by atoms with Crippen LogP contribution >= 0.6 is 0 Å². The fourth-order valence-electron chi connectivity index (χ4n) is 1.36. The number of benzene rings is 1. The van der Waals surface area contributed by atoms with Gasteiger partial charge < -0.3 is 5.32 Å². The van der Waals surface area contributed by atoms with Gasteiger partial charge in [-0.2, -0.15) is 0 Å². The highest BCUT2D eigenvalue weighted by Gasteiger charge is 2.07. The predicted molar refractivity (Wildman–Crippen MR) is 61.6 cm³/mol. The van der Waals surface area contributed by atoms with Gasteiger partial charge in [-0.3, -0.25) is 4.21 Å². The Morgan fingerprint density at radius 3 is 2.69 bits per heavy atom. The van der Waals surface area contributed by atoms with Crippen LogP contribution in [0.25, 0.3) is 0 Å². The molecule has 2 atom stereocenters. The summed E-state index contributed by atoms with van der Waals surface area (Å²) in [6.07, 6.45) is 1.62. The van der Waals surface area contributed by atoms with E-state index in [0.29, 0.717) is 17.9 Å². The molecule has 0 radical (unpaired) electrons. The topological polar surface area (TPSA) is 29.1 Å². The molecule has 0 saturated carbocycles. The number of halogens is 2. The smallest absolute Gasteiger partial charge is 0.130 e. The maximum atomic E-state index is 13.2. The van der Waals surface area contributed by atoms with Crippen LogP contribution in [0.5, 0.6) is 0 Å². The van der Waals surface area contributed by atoms with Gasteiger partial charge in [-0.15, -0.1) is 0 Å². The van der Waals surface area contributed by atoms with Crippen molar-refractivity contribution in [1.29, 1.82) is 0 Å². The van der Waals surface area contributed by atoms with Crippen LogP contribution in [-0.2, 0) is 17.3 Å². The molecule has 0 aromatic heterocycles. The molecule has 0 aliphatic rings. The molecule has 1 rings (SSSR count). The second kappa shape index (κ2) is 6.06. The van der Waals surface area contributed by atoms with Crippen molar-refractivity contribution in [2.75, 3.05) is 12.0 Å². The molecular formula is C11H15F2NOS. The zero-order chi connectivity index (χ0) is 12.1. The van der Waals surface area contributed by atoms with E-state index in [2.05, 4.69) is 5.32 Å². The molecule has 0 aliphatic carbocycles. The Balaban J connectivity index is 2.51. The van der Waals surface area contributed by atoms with E-state index in [1.54, 1.807) is 6.26 Å². The molecule has 0 aliphatic heterocycles. The Kier molecular flexibility index (Phi) is 5.02. The summed E-state index contributed by atoms with van der Waals surface area (Å²) in [5.74, 6) is -0.621. The standard InChI is InChI=1S/C11H15F2NOS/c1-8(7-16(2)15)14-6-9-3-4-10(12)5-11(9)13/h3-5,8,14H,6-7H2,1-2H3.